The molecule has 0 radical (unpaired) electrons. The van der Waals surface area contributed by atoms with E-state index in [9.17, 15) is 4.79 Å². The molecule has 1 heterocycles. The zero-order chi connectivity index (χ0) is 11.5. The predicted molar refractivity (Wildman–Crippen MR) is 62.2 cm³/mol. The third-order valence-electron chi connectivity index (χ3n) is 2.41. The van der Waals surface area contributed by atoms with Gasteiger partial charge in [-0.1, -0.05) is 6.92 Å². The number of nitrogen functional groups attached to an aromatic ring is 1. The molecule has 0 fully saturated rings. The van der Waals surface area contributed by atoms with Crippen LogP contribution in [0.2, 0.25) is 0 Å². The number of nitrogens with zero attached hydrogens (tertiary/aromatic N) is 2. The zero-order valence-electron chi connectivity index (χ0n) is 9.05. The molecule has 1 aromatic heterocycles. The first-order valence-corrected chi connectivity index (χ1v) is 5.15. The van der Waals surface area contributed by atoms with E-state index in [0.717, 1.165) is 12.2 Å². The SMILES string of the molecule is CCc1nccn1C(=O)c1ccc(N)cc1. The third-order valence-corrected chi connectivity index (χ3v) is 2.41. The second kappa shape index (κ2) is 4.18. The van der Waals surface area contributed by atoms with Crippen LogP contribution in [0, 0.1) is 0 Å². The van der Waals surface area contributed by atoms with E-state index in [4.69, 9.17) is 5.73 Å². The molecule has 1 aromatic carbocycles. The van der Waals surface area contributed by atoms with Crippen LogP contribution in [0.25, 0.3) is 0 Å². The van der Waals surface area contributed by atoms with Crippen LogP contribution < -0.4 is 5.73 Å². The van der Waals surface area contributed by atoms with E-state index in [0.29, 0.717) is 11.3 Å². The van der Waals surface area contributed by atoms with Crippen molar-refractivity contribution in [2.45, 2.75) is 13.3 Å². The first-order chi connectivity index (χ1) is 7.72. The Balaban J connectivity index is 2.35. The maximum atomic E-state index is 12.1. The van der Waals surface area contributed by atoms with Gasteiger partial charge in [0.05, 0.1) is 0 Å². The maximum absolute atomic E-state index is 12.1. The Morgan fingerprint density at radius 1 is 1.38 bits per heavy atom. The molecule has 0 aliphatic heterocycles. The fraction of sp³-hybridized carbons (Fsp3) is 0.167. The van der Waals surface area contributed by atoms with Gasteiger partial charge in [-0.2, -0.15) is 0 Å². The minimum atomic E-state index is -0.0747. The van der Waals surface area contributed by atoms with E-state index in [-0.39, 0.29) is 5.91 Å². The largest absolute Gasteiger partial charge is 0.399 e. The number of nitrogens with two attached hydrogens (primary N) is 1. The molecule has 0 bridgehead atoms. The highest BCUT2D eigenvalue weighted by Crippen LogP contribution is 2.09. The van der Waals surface area contributed by atoms with E-state index in [1.54, 1.807) is 41.2 Å². The molecular formula is C12H13N3O. The van der Waals surface area contributed by atoms with E-state index < -0.39 is 0 Å². The van der Waals surface area contributed by atoms with Crippen molar-refractivity contribution in [1.29, 1.82) is 0 Å². The second-order valence-corrected chi connectivity index (χ2v) is 3.49. The number of benzene rings is 1. The molecule has 82 valence electrons. The van der Waals surface area contributed by atoms with Gasteiger partial charge >= 0.3 is 0 Å². The van der Waals surface area contributed by atoms with Crippen LogP contribution in [0.15, 0.2) is 36.7 Å². The van der Waals surface area contributed by atoms with Crippen LogP contribution in [0.5, 0.6) is 0 Å². The number of imidazole rings is 1. The molecule has 2 aromatic rings. The van der Waals surface area contributed by atoms with Gasteiger partial charge in [0.1, 0.15) is 5.82 Å². The quantitative estimate of drug-likeness (QED) is 0.776. The summed E-state index contributed by atoms with van der Waals surface area (Å²) in [6, 6.07) is 6.87. The highest BCUT2D eigenvalue weighted by Gasteiger charge is 2.11. The first kappa shape index (κ1) is 10.4. The molecule has 0 saturated carbocycles. The van der Waals surface area contributed by atoms with Gasteiger partial charge in [-0.05, 0) is 24.3 Å². The summed E-state index contributed by atoms with van der Waals surface area (Å²) >= 11 is 0. The Kier molecular flexibility index (Phi) is 2.72. The molecule has 2 N–H and O–H groups in total. The fourth-order valence-corrected chi connectivity index (χ4v) is 1.55. The lowest BCUT2D eigenvalue weighted by atomic mass is 10.2. The van der Waals surface area contributed by atoms with Gasteiger partial charge in [-0.15, -0.1) is 0 Å². The lowest BCUT2D eigenvalue weighted by Crippen LogP contribution is -2.14. The highest BCUT2D eigenvalue weighted by atomic mass is 16.2. The minimum absolute atomic E-state index is 0.0747. The second-order valence-electron chi connectivity index (χ2n) is 3.49. The molecule has 0 unspecified atom stereocenters. The molecular weight excluding hydrogens is 202 g/mol. The topological polar surface area (TPSA) is 60.9 Å². The number of rotatable bonds is 2. The normalized spacial score (nSPS) is 10.3. The number of aromatic nitrogens is 2. The summed E-state index contributed by atoms with van der Waals surface area (Å²) in [5, 5.41) is 0. The average molecular weight is 215 g/mol. The Labute approximate surface area is 93.7 Å². The van der Waals surface area contributed by atoms with Crippen LogP contribution in [0.3, 0.4) is 0 Å². The lowest BCUT2D eigenvalue weighted by molar-refractivity contribution is 0.0957. The summed E-state index contributed by atoms with van der Waals surface area (Å²) in [5.41, 5.74) is 6.83. The van der Waals surface area contributed by atoms with Gasteiger partial charge in [-0.25, -0.2) is 4.98 Å². The van der Waals surface area contributed by atoms with Crippen molar-refractivity contribution in [2.75, 3.05) is 5.73 Å². The number of hydrogen-bond acceptors (Lipinski definition) is 3. The van der Waals surface area contributed by atoms with Gasteiger partial charge in [0, 0.05) is 30.1 Å². The average Bonchev–Trinajstić information content (AvgIpc) is 2.77. The van der Waals surface area contributed by atoms with Crippen LogP contribution in [-0.2, 0) is 6.42 Å². The van der Waals surface area contributed by atoms with Crippen molar-refractivity contribution in [1.82, 2.24) is 9.55 Å². The summed E-state index contributed by atoms with van der Waals surface area (Å²) in [6.07, 6.45) is 4.04. The molecule has 0 aliphatic rings. The molecule has 0 saturated heterocycles. The highest BCUT2D eigenvalue weighted by molar-refractivity contribution is 5.96. The lowest BCUT2D eigenvalue weighted by Gasteiger charge is -2.05. The number of anilines is 1. The molecule has 0 spiro atoms. The van der Waals surface area contributed by atoms with Crippen molar-refractivity contribution in [3.63, 3.8) is 0 Å². The third kappa shape index (κ3) is 1.82. The number of carbonyl (C=O) groups is 1. The number of hydrogen-bond donors (Lipinski definition) is 1. The van der Waals surface area contributed by atoms with Crippen molar-refractivity contribution < 1.29 is 4.79 Å². The molecule has 0 aliphatic carbocycles. The minimum Gasteiger partial charge on any atom is -0.399 e. The summed E-state index contributed by atoms with van der Waals surface area (Å²) in [4.78, 5) is 16.2. The van der Waals surface area contributed by atoms with Crippen molar-refractivity contribution in [3.05, 3.63) is 48.0 Å². The van der Waals surface area contributed by atoms with E-state index >= 15 is 0 Å². The molecule has 4 heteroatoms. The Morgan fingerprint density at radius 2 is 2.06 bits per heavy atom. The Morgan fingerprint density at radius 3 is 2.69 bits per heavy atom. The van der Waals surface area contributed by atoms with Gasteiger partial charge in [-0.3, -0.25) is 9.36 Å². The zero-order valence-corrected chi connectivity index (χ0v) is 9.05. The molecule has 0 atom stereocenters. The van der Waals surface area contributed by atoms with Gasteiger partial charge in [0.2, 0.25) is 0 Å². The number of carbonyl (C=O) groups excluding carboxylic acids is 1. The molecule has 0 amide bonds. The monoisotopic (exact) mass is 215 g/mol. The van der Waals surface area contributed by atoms with Crippen LogP contribution in [0.1, 0.15) is 23.1 Å². The van der Waals surface area contributed by atoms with Crippen molar-refractivity contribution in [3.8, 4) is 0 Å². The fourth-order valence-electron chi connectivity index (χ4n) is 1.55. The summed E-state index contributed by atoms with van der Waals surface area (Å²) < 4.78 is 1.56. The maximum Gasteiger partial charge on any atom is 0.263 e. The van der Waals surface area contributed by atoms with E-state index in [1.807, 2.05) is 6.92 Å². The van der Waals surface area contributed by atoms with E-state index in [2.05, 4.69) is 4.98 Å². The Bertz CT molecular complexity index is 499. The van der Waals surface area contributed by atoms with Crippen molar-refractivity contribution >= 4 is 11.6 Å². The van der Waals surface area contributed by atoms with Gasteiger partial charge < -0.3 is 5.73 Å². The first-order valence-electron chi connectivity index (χ1n) is 5.15. The molecule has 2 rings (SSSR count). The smallest absolute Gasteiger partial charge is 0.263 e. The standard InChI is InChI=1S/C12H13N3O/c1-2-11-14-7-8-15(11)12(16)9-3-5-10(13)6-4-9/h3-8H,2,13H2,1H3. The summed E-state index contributed by atoms with van der Waals surface area (Å²) in [6.45, 7) is 1.97. The summed E-state index contributed by atoms with van der Waals surface area (Å²) in [7, 11) is 0. The van der Waals surface area contributed by atoms with E-state index in [1.165, 1.54) is 0 Å². The van der Waals surface area contributed by atoms with Crippen molar-refractivity contribution in [2.24, 2.45) is 0 Å². The molecule has 4 nitrogen and oxygen atoms in total. The predicted octanol–water partition coefficient (Wildman–Crippen LogP) is 1.72. The summed E-state index contributed by atoms with van der Waals surface area (Å²) in [5.74, 6) is 0.691. The van der Waals surface area contributed by atoms with Gasteiger partial charge in [0.15, 0.2) is 0 Å². The van der Waals surface area contributed by atoms with Gasteiger partial charge in [0.25, 0.3) is 5.91 Å². The van der Waals surface area contributed by atoms with Crippen LogP contribution in [0.4, 0.5) is 5.69 Å². The Hall–Kier alpha value is -2.10. The van der Waals surface area contributed by atoms with Crippen LogP contribution in [-0.4, -0.2) is 15.5 Å². The van der Waals surface area contributed by atoms with Crippen LogP contribution >= 0.6 is 0 Å². The number of aryl methyl sites for hydroxylation is 1. The molecule has 16 heavy (non-hydrogen) atoms.